The maximum absolute atomic E-state index is 10.6. The first-order chi connectivity index (χ1) is 14.9. The van der Waals surface area contributed by atoms with E-state index in [1.807, 2.05) is 12.1 Å². The van der Waals surface area contributed by atoms with E-state index in [1.165, 1.54) is 0 Å². The lowest BCUT2D eigenvalue weighted by Crippen LogP contribution is -2.47. The fourth-order valence-corrected chi connectivity index (χ4v) is 5.40. The average Bonchev–Trinajstić information content (AvgIpc) is 2.59. The summed E-state index contributed by atoms with van der Waals surface area (Å²) in [4.78, 5) is 0. The normalized spacial score (nSPS) is 14.9. The lowest BCUT2D eigenvalue weighted by atomic mass is 10.1. The van der Waals surface area contributed by atoms with Crippen LogP contribution in [0.1, 0.15) is 74.0 Å². The van der Waals surface area contributed by atoms with Crippen LogP contribution in [-0.4, -0.2) is 30.1 Å². The Balaban J connectivity index is 3.95. The van der Waals surface area contributed by atoms with Crippen LogP contribution in [0, 0.1) is 12.3 Å². The Bertz CT molecular complexity index is 859. The Hall–Kier alpha value is -1.21. The first-order valence-electron chi connectivity index (χ1n) is 12.3. The summed E-state index contributed by atoms with van der Waals surface area (Å²) in [5.41, 5.74) is 0.590. The molecule has 194 valence electrons. The van der Waals surface area contributed by atoms with Gasteiger partial charge in [0.1, 0.15) is 17.6 Å². The van der Waals surface area contributed by atoms with Crippen LogP contribution in [0.4, 0.5) is 0 Å². The van der Waals surface area contributed by atoms with Crippen molar-refractivity contribution in [3.05, 3.63) is 17.7 Å². The van der Waals surface area contributed by atoms with Gasteiger partial charge in [-0.2, -0.15) is 0 Å². The van der Waals surface area contributed by atoms with E-state index in [0.29, 0.717) is 22.8 Å². The van der Waals surface area contributed by atoms with Gasteiger partial charge in [0.2, 0.25) is 0 Å². The Morgan fingerprint density at radius 2 is 0.971 bits per heavy atom. The highest BCUT2D eigenvalue weighted by Crippen LogP contribution is 2.50. The van der Waals surface area contributed by atoms with Crippen LogP contribution in [0.2, 0.25) is 54.4 Å². The molecule has 0 fully saturated rings. The van der Waals surface area contributed by atoms with Crippen molar-refractivity contribution in [3.63, 3.8) is 0 Å². The minimum Gasteiger partial charge on any atom is -0.541 e. The van der Waals surface area contributed by atoms with E-state index in [4.69, 9.17) is 19.7 Å². The van der Waals surface area contributed by atoms with Crippen molar-refractivity contribution < 1.29 is 18.4 Å². The monoisotopic (exact) mass is 522 g/mol. The molecule has 34 heavy (non-hydrogen) atoms. The van der Waals surface area contributed by atoms with Crippen LogP contribution in [0.5, 0.6) is 17.2 Å². The quantitative estimate of drug-likeness (QED) is 0.288. The van der Waals surface area contributed by atoms with Crippen LogP contribution in [0.3, 0.4) is 0 Å². The molecule has 1 atom stereocenters. The summed E-state index contributed by atoms with van der Waals surface area (Å²) in [6.45, 7) is 33.2. The van der Waals surface area contributed by atoms with Gasteiger partial charge in [-0.05, 0) is 66.5 Å². The van der Waals surface area contributed by atoms with E-state index < -0.39 is 31.1 Å². The average molecular weight is 523 g/mol. The molecule has 4 nitrogen and oxygen atoms in total. The number of benzene rings is 1. The molecule has 0 aromatic heterocycles. The molecule has 0 aliphatic heterocycles. The molecule has 1 N–H and O–H groups in total. The molecule has 1 rings (SSSR count). The fraction of sp³-hybridized carbons (Fsp3) is 0.704. The van der Waals surface area contributed by atoms with Gasteiger partial charge in [-0.1, -0.05) is 68.2 Å². The summed E-state index contributed by atoms with van der Waals surface area (Å²) in [5, 5.41) is 10.6. The van der Waals surface area contributed by atoms with Gasteiger partial charge in [0.05, 0.1) is 0 Å². The summed E-state index contributed by atoms with van der Waals surface area (Å²) in [6.07, 6.45) is 4.55. The van der Waals surface area contributed by atoms with Gasteiger partial charge >= 0.3 is 0 Å². The summed E-state index contributed by atoms with van der Waals surface area (Å²) >= 11 is 0. The molecule has 0 heterocycles. The molecule has 7 heteroatoms. The van der Waals surface area contributed by atoms with Crippen molar-refractivity contribution >= 4 is 25.0 Å². The molecule has 1 aromatic carbocycles. The molecule has 1 unspecified atom stereocenters. The van der Waals surface area contributed by atoms with Crippen molar-refractivity contribution in [3.8, 4) is 29.6 Å². The molecule has 0 spiro atoms. The smallest absolute Gasteiger partial charge is 0.250 e. The summed E-state index contributed by atoms with van der Waals surface area (Å²) < 4.78 is 20.6. The second-order valence-electron chi connectivity index (χ2n) is 14.0. The van der Waals surface area contributed by atoms with Crippen LogP contribution in [0.15, 0.2) is 12.1 Å². The zero-order valence-electron chi connectivity index (χ0n) is 24.5. The van der Waals surface area contributed by atoms with E-state index in [1.54, 1.807) is 0 Å². The molecule has 0 saturated carbocycles. The third-order valence-electron chi connectivity index (χ3n) is 8.02. The standard InChI is InChI=1S/C27H50O4Si3/c1-17-21(28)20-18-22(29-32(11,12)25(2,3)4)24(31-34(15,16)27(8,9)10)23(19-20)30-33(13,14)26(5,6)7/h1,18-19,21,28H,2-16H3. The number of rotatable bonds is 7. The van der Waals surface area contributed by atoms with Gasteiger partial charge in [-0.25, -0.2) is 0 Å². The van der Waals surface area contributed by atoms with E-state index in [0.717, 1.165) is 0 Å². The number of terminal acetylenes is 1. The molecular weight excluding hydrogens is 473 g/mol. The van der Waals surface area contributed by atoms with Gasteiger partial charge in [0.25, 0.3) is 25.0 Å². The lowest BCUT2D eigenvalue weighted by molar-refractivity contribution is 0.237. The first kappa shape index (κ1) is 30.8. The predicted molar refractivity (Wildman–Crippen MR) is 154 cm³/mol. The Morgan fingerprint density at radius 3 is 1.24 bits per heavy atom. The third kappa shape index (κ3) is 6.93. The second kappa shape index (κ2) is 9.68. The van der Waals surface area contributed by atoms with Gasteiger partial charge in [-0.3, -0.25) is 0 Å². The predicted octanol–water partition coefficient (Wildman–Crippen LogP) is 8.51. The number of aliphatic hydroxyl groups is 1. The van der Waals surface area contributed by atoms with Gasteiger partial charge < -0.3 is 18.4 Å². The minimum atomic E-state index is -2.24. The highest BCUT2D eigenvalue weighted by molar-refractivity contribution is 6.76. The Morgan fingerprint density at radius 1 is 0.676 bits per heavy atom. The molecule has 0 aliphatic carbocycles. The highest BCUT2D eigenvalue weighted by Gasteiger charge is 2.45. The molecule has 0 amide bonds. The summed E-state index contributed by atoms with van der Waals surface area (Å²) in [7, 11) is -6.69. The molecular formula is C27H50O4Si3. The largest absolute Gasteiger partial charge is 0.541 e. The van der Waals surface area contributed by atoms with E-state index in [-0.39, 0.29) is 15.1 Å². The van der Waals surface area contributed by atoms with Crippen molar-refractivity contribution in [1.82, 2.24) is 0 Å². The van der Waals surface area contributed by atoms with Crippen molar-refractivity contribution in [1.29, 1.82) is 0 Å². The van der Waals surface area contributed by atoms with E-state index >= 15 is 0 Å². The van der Waals surface area contributed by atoms with E-state index in [9.17, 15) is 5.11 Å². The van der Waals surface area contributed by atoms with Crippen molar-refractivity contribution in [2.24, 2.45) is 0 Å². The minimum absolute atomic E-state index is 0.00745. The fourth-order valence-electron chi connectivity index (χ4n) is 2.37. The molecule has 0 bridgehead atoms. The third-order valence-corrected chi connectivity index (χ3v) is 21.0. The summed E-state index contributed by atoms with van der Waals surface area (Å²) in [6, 6.07) is 3.71. The van der Waals surface area contributed by atoms with Crippen molar-refractivity contribution in [2.45, 2.75) is 123 Å². The molecule has 0 aliphatic rings. The van der Waals surface area contributed by atoms with Crippen LogP contribution in [-0.2, 0) is 0 Å². The summed E-state index contributed by atoms with van der Waals surface area (Å²) in [5.74, 6) is 4.34. The lowest BCUT2D eigenvalue weighted by Gasteiger charge is -2.42. The maximum Gasteiger partial charge on any atom is 0.250 e. The second-order valence-corrected chi connectivity index (χ2v) is 28.2. The zero-order valence-corrected chi connectivity index (χ0v) is 27.5. The molecule has 1 aromatic rings. The maximum atomic E-state index is 10.6. The van der Waals surface area contributed by atoms with Crippen LogP contribution in [0.25, 0.3) is 0 Å². The zero-order chi connectivity index (χ0) is 27.1. The molecule has 0 radical (unpaired) electrons. The van der Waals surface area contributed by atoms with Gasteiger partial charge in [0.15, 0.2) is 5.75 Å². The Labute approximate surface area is 213 Å². The molecule has 0 saturated heterocycles. The highest BCUT2D eigenvalue weighted by atomic mass is 28.4. The number of aliphatic hydroxyl groups excluding tert-OH is 1. The number of hydrogen-bond acceptors (Lipinski definition) is 4. The van der Waals surface area contributed by atoms with Gasteiger partial charge in [-0.15, -0.1) is 6.42 Å². The Kier molecular flexibility index (Phi) is 8.78. The van der Waals surface area contributed by atoms with Crippen LogP contribution < -0.4 is 13.3 Å². The SMILES string of the molecule is C#CC(O)c1cc(O[Si](C)(C)C(C)(C)C)c(O[Si](C)(C)C(C)(C)C)c(O[Si](C)(C)C(C)(C)C)c1. The van der Waals surface area contributed by atoms with Crippen molar-refractivity contribution in [2.75, 3.05) is 0 Å². The number of hydrogen-bond donors (Lipinski definition) is 1. The first-order valence-corrected chi connectivity index (χ1v) is 21.0. The van der Waals surface area contributed by atoms with E-state index in [2.05, 4.69) is 108 Å². The van der Waals surface area contributed by atoms with Gasteiger partial charge in [0, 0.05) is 5.56 Å². The van der Waals surface area contributed by atoms with Crippen LogP contribution >= 0.6 is 0 Å². The topological polar surface area (TPSA) is 47.9 Å².